The first-order valence-electron chi connectivity index (χ1n) is 5.35. The molecule has 1 aliphatic heterocycles. The monoisotopic (exact) mass is 198 g/mol. The number of fused-ring (bicyclic) bond motifs is 3. The van der Waals surface area contributed by atoms with Crippen LogP contribution in [0.1, 0.15) is 24.2 Å². The smallest absolute Gasteiger partial charge is 0.0500 e. The van der Waals surface area contributed by atoms with Gasteiger partial charge in [0.05, 0.1) is 5.69 Å². The topological polar surface area (TPSA) is 17.0 Å². The van der Waals surface area contributed by atoms with Crippen LogP contribution in [-0.4, -0.2) is 4.57 Å². The van der Waals surface area contributed by atoms with Gasteiger partial charge in [0.25, 0.3) is 0 Å². The molecule has 1 atom stereocenters. The Hall–Kier alpha value is -1.54. The summed E-state index contributed by atoms with van der Waals surface area (Å²) in [6, 6.07) is 13.3. The van der Waals surface area contributed by atoms with E-state index in [1.807, 2.05) is 0 Å². The lowest BCUT2D eigenvalue weighted by Crippen LogP contribution is -2.16. The van der Waals surface area contributed by atoms with E-state index in [1.54, 1.807) is 0 Å². The van der Waals surface area contributed by atoms with E-state index >= 15 is 0 Å². The Morgan fingerprint density at radius 3 is 3.00 bits per heavy atom. The van der Waals surface area contributed by atoms with Crippen LogP contribution in [0.5, 0.6) is 0 Å². The van der Waals surface area contributed by atoms with Gasteiger partial charge in [-0.2, -0.15) is 0 Å². The fourth-order valence-electron chi connectivity index (χ4n) is 2.24. The number of hydrogen-bond acceptors (Lipinski definition) is 1. The molecule has 2 aromatic rings. The number of para-hydroxylation sites is 1. The molecule has 1 aromatic carbocycles. The highest BCUT2D eigenvalue weighted by molar-refractivity contribution is 5.45. The zero-order chi connectivity index (χ0) is 10.3. The van der Waals surface area contributed by atoms with Crippen molar-refractivity contribution in [3.8, 4) is 5.69 Å². The van der Waals surface area contributed by atoms with Gasteiger partial charge in [-0.1, -0.05) is 18.2 Å². The van der Waals surface area contributed by atoms with Crippen LogP contribution in [0.3, 0.4) is 0 Å². The predicted octanol–water partition coefficient (Wildman–Crippen LogP) is 2.64. The third-order valence-electron chi connectivity index (χ3n) is 3.09. The highest BCUT2D eigenvalue weighted by Gasteiger charge is 2.16. The first-order chi connectivity index (χ1) is 7.36. The minimum absolute atomic E-state index is 0.418. The van der Waals surface area contributed by atoms with Crippen LogP contribution < -0.4 is 5.32 Å². The van der Waals surface area contributed by atoms with E-state index in [4.69, 9.17) is 0 Å². The zero-order valence-corrected chi connectivity index (χ0v) is 8.77. The maximum atomic E-state index is 3.52. The molecule has 0 spiro atoms. The SMILES string of the molecule is C[C@H]1NCc2cccn2-c2ccccc21. The highest BCUT2D eigenvalue weighted by atomic mass is 15.0. The molecule has 0 bridgehead atoms. The fraction of sp³-hybridized carbons (Fsp3) is 0.231. The van der Waals surface area contributed by atoms with Crippen LogP contribution in [0.15, 0.2) is 42.6 Å². The summed E-state index contributed by atoms with van der Waals surface area (Å²) in [5.41, 5.74) is 3.99. The minimum Gasteiger partial charge on any atom is -0.319 e. The molecule has 1 N–H and O–H groups in total. The molecule has 0 aliphatic carbocycles. The lowest BCUT2D eigenvalue weighted by atomic mass is 10.1. The van der Waals surface area contributed by atoms with Gasteiger partial charge in [0, 0.05) is 24.5 Å². The minimum atomic E-state index is 0.418. The Bertz CT molecular complexity index is 485. The number of aromatic nitrogens is 1. The van der Waals surface area contributed by atoms with Gasteiger partial charge in [0.1, 0.15) is 0 Å². The Morgan fingerprint density at radius 2 is 2.07 bits per heavy atom. The van der Waals surface area contributed by atoms with Gasteiger partial charge >= 0.3 is 0 Å². The Kier molecular flexibility index (Phi) is 1.89. The summed E-state index contributed by atoms with van der Waals surface area (Å²) in [5, 5.41) is 3.52. The summed E-state index contributed by atoms with van der Waals surface area (Å²) < 4.78 is 2.27. The van der Waals surface area contributed by atoms with E-state index in [0.717, 1.165) is 6.54 Å². The molecule has 2 heteroatoms. The summed E-state index contributed by atoms with van der Waals surface area (Å²) >= 11 is 0. The van der Waals surface area contributed by atoms with Crippen molar-refractivity contribution in [2.24, 2.45) is 0 Å². The van der Waals surface area contributed by atoms with E-state index in [9.17, 15) is 0 Å². The van der Waals surface area contributed by atoms with Gasteiger partial charge < -0.3 is 9.88 Å². The molecule has 0 amide bonds. The van der Waals surface area contributed by atoms with Crippen molar-refractivity contribution in [3.05, 3.63) is 53.9 Å². The van der Waals surface area contributed by atoms with Gasteiger partial charge in [0.2, 0.25) is 0 Å². The molecule has 0 fully saturated rings. The normalized spacial score (nSPS) is 19.1. The van der Waals surface area contributed by atoms with Crippen LogP contribution in [0.2, 0.25) is 0 Å². The number of nitrogens with zero attached hydrogens (tertiary/aromatic N) is 1. The number of benzene rings is 1. The van der Waals surface area contributed by atoms with Gasteiger partial charge in [0.15, 0.2) is 0 Å². The average Bonchev–Trinajstić information content (AvgIpc) is 2.69. The molecule has 0 saturated heterocycles. The maximum Gasteiger partial charge on any atom is 0.0500 e. The van der Waals surface area contributed by atoms with Crippen molar-refractivity contribution >= 4 is 0 Å². The summed E-state index contributed by atoms with van der Waals surface area (Å²) in [6.45, 7) is 3.15. The van der Waals surface area contributed by atoms with Crippen LogP contribution >= 0.6 is 0 Å². The second-order valence-electron chi connectivity index (χ2n) is 4.03. The Morgan fingerprint density at radius 1 is 1.20 bits per heavy atom. The average molecular weight is 198 g/mol. The third kappa shape index (κ3) is 1.29. The van der Waals surface area contributed by atoms with Gasteiger partial charge in [-0.3, -0.25) is 0 Å². The van der Waals surface area contributed by atoms with Crippen LogP contribution in [0.25, 0.3) is 5.69 Å². The fourth-order valence-corrected chi connectivity index (χ4v) is 2.24. The van der Waals surface area contributed by atoms with Gasteiger partial charge in [-0.05, 0) is 30.7 Å². The van der Waals surface area contributed by atoms with Gasteiger partial charge in [-0.25, -0.2) is 0 Å². The molecular formula is C13H14N2. The van der Waals surface area contributed by atoms with Crippen molar-refractivity contribution in [1.82, 2.24) is 9.88 Å². The quantitative estimate of drug-likeness (QED) is 0.688. The molecule has 2 nitrogen and oxygen atoms in total. The molecule has 0 radical (unpaired) electrons. The molecule has 1 aliphatic rings. The standard InChI is InChI=1S/C13H14N2/c1-10-12-6-2-3-7-13(12)15-8-4-5-11(15)9-14-10/h2-8,10,14H,9H2,1H3/t10-/m1/s1. The van der Waals surface area contributed by atoms with Crippen LogP contribution in [0.4, 0.5) is 0 Å². The summed E-state index contributed by atoms with van der Waals surface area (Å²) in [6.07, 6.45) is 2.13. The number of hydrogen-bond donors (Lipinski definition) is 1. The molecule has 15 heavy (non-hydrogen) atoms. The summed E-state index contributed by atoms with van der Waals surface area (Å²) in [4.78, 5) is 0. The third-order valence-corrected chi connectivity index (χ3v) is 3.09. The molecule has 1 aromatic heterocycles. The van der Waals surface area contributed by atoms with Crippen molar-refractivity contribution < 1.29 is 0 Å². The van der Waals surface area contributed by atoms with E-state index in [0.29, 0.717) is 6.04 Å². The second kappa shape index (κ2) is 3.24. The maximum absolute atomic E-state index is 3.52. The zero-order valence-electron chi connectivity index (χ0n) is 8.77. The predicted molar refractivity (Wildman–Crippen MR) is 61.0 cm³/mol. The first kappa shape index (κ1) is 8.74. The van der Waals surface area contributed by atoms with E-state index in [-0.39, 0.29) is 0 Å². The molecule has 0 unspecified atom stereocenters. The molecule has 76 valence electrons. The largest absolute Gasteiger partial charge is 0.319 e. The van der Waals surface area contributed by atoms with Crippen molar-refractivity contribution in [2.45, 2.75) is 19.5 Å². The molecule has 3 rings (SSSR count). The lowest BCUT2D eigenvalue weighted by Gasteiger charge is -2.13. The van der Waals surface area contributed by atoms with E-state index in [2.05, 4.69) is 59.4 Å². The number of nitrogens with one attached hydrogen (secondary N) is 1. The van der Waals surface area contributed by atoms with Crippen molar-refractivity contribution in [2.75, 3.05) is 0 Å². The first-order valence-corrected chi connectivity index (χ1v) is 5.35. The van der Waals surface area contributed by atoms with Gasteiger partial charge in [-0.15, -0.1) is 0 Å². The van der Waals surface area contributed by atoms with E-state index in [1.165, 1.54) is 16.9 Å². The molecule has 0 saturated carbocycles. The van der Waals surface area contributed by atoms with Crippen molar-refractivity contribution in [3.63, 3.8) is 0 Å². The highest BCUT2D eigenvalue weighted by Crippen LogP contribution is 2.26. The number of rotatable bonds is 0. The van der Waals surface area contributed by atoms with E-state index < -0.39 is 0 Å². The second-order valence-corrected chi connectivity index (χ2v) is 4.03. The molecular weight excluding hydrogens is 184 g/mol. The summed E-state index contributed by atoms with van der Waals surface area (Å²) in [7, 11) is 0. The van der Waals surface area contributed by atoms with Crippen LogP contribution in [-0.2, 0) is 6.54 Å². The van der Waals surface area contributed by atoms with Crippen molar-refractivity contribution in [1.29, 1.82) is 0 Å². The summed E-state index contributed by atoms with van der Waals surface area (Å²) in [5.74, 6) is 0. The Labute approximate surface area is 89.5 Å². The Balaban J connectivity index is 2.27. The molecule has 2 heterocycles. The lowest BCUT2D eigenvalue weighted by molar-refractivity contribution is 0.579. The van der Waals surface area contributed by atoms with Crippen LogP contribution in [0, 0.1) is 0 Å².